The Hall–Kier alpha value is -1.13. The number of nitrogens with one attached hydrogen (secondary N) is 1. The standard InChI is InChI=1S/C69H135NO3/c1-3-5-7-9-11-13-15-17-19-21-23-25-27-28-29-30-31-32-33-34-35-36-37-38-39-40-41-42-43-45-47-49-51-53-55-57-59-61-63-65-69(73)70-67(66-71)68(72)64-62-60-58-56-54-52-50-48-46-44-26-24-22-20-18-16-14-12-10-8-6-4-2/h54,56,62,64,67-68,71-72H,3-53,55,57-61,63,65-66H2,1-2H3,(H,70,73)/b56-54+,64-62+. The van der Waals surface area contributed by atoms with Crippen LogP contribution in [0.4, 0.5) is 0 Å². The lowest BCUT2D eigenvalue weighted by molar-refractivity contribution is -0.123. The first-order valence-electron chi connectivity index (χ1n) is 34.1. The molecule has 4 heteroatoms. The number of amides is 1. The summed E-state index contributed by atoms with van der Waals surface area (Å²) in [7, 11) is 0. The van der Waals surface area contributed by atoms with Gasteiger partial charge in [-0.05, 0) is 32.1 Å². The molecule has 0 radical (unpaired) electrons. The van der Waals surface area contributed by atoms with Gasteiger partial charge in [0.25, 0.3) is 0 Å². The van der Waals surface area contributed by atoms with Crippen molar-refractivity contribution in [3.63, 3.8) is 0 Å². The average molecular weight is 1030 g/mol. The number of hydrogen-bond donors (Lipinski definition) is 3. The molecule has 0 aliphatic heterocycles. The van der Waals surface area contributed by atoms with Crippen molar-refractivity contribution < 1.29 is 15.0 Å². The smallest absolute Gasteiger partial charge is 0.220 e. The number of carbonyl (C=O) groups excluding carboxylic acids is 1. The molecule has 2 unspecified atom stereocenters. The molecule has 0 aliphatic carbocycles. The largest absolute Gasteiger partial charge is 0.394 e. The summed E-state index contributed by atoms with van der Waals surface area (Å²) in [4.78, 5) is 12.5. The fraction of sp³-hybridized carbons (Fsp3) is 0.928. The van der Waals surface area contributed by atoms with Gasteiger partial charge in [-0.15, -0.1) is 0 Å². The molecule has 73 heavy (non-hydrogen) atoms. The van der Waals surface area contributed by atoms with Crippen LogP contribution < -0.4 is 5.32 Å². The van der Waals surface area contributed by atoms with Gasteiger partial charge in [0.1, 0.15) is 0 Å². The Labute approximate surface area is 459 Å². The van der Waals surface area contributed by atoms with Crippen molar-refractivity contribution in [2.45, 2.75) is 405 Å². The van der Waals surface area contributed by atoms with E-state index in [0.29, 0.717) is 6.42 Å². The van der Waals surface area contributed by atoms with E-state index in [9.17, 15) is 15.0 Å². The van der Waals surface area contributed by atoms with Crippen LogP contribution in [0.15, 0.2) is 24.3 Å². The van der Waals surface area contributed by atoms with E-state index in [0.717, 1.165) is 32.1 Å². The summed E-state index contributed by atoms with van der Waals surface area (Å²) < 4.78 is 0. The maximum absolute atomic E-state index is 12.5. The molecule has 1 amide bonds. The third kappa shape index (κ3) is 61.6. The number of aliphatic hydroxyl groups is 2. The molecule has 0 saturated heterocycles. The van der Waals surface area contributed by atoms with Crippen LogP contribution in [0.3, 0.4) is 0 Å². The summed E-state index contributed by atoms with van der Waals surface area (Å²) >= 11 is 0. The maximum Gasteiger partial charge on any atom is 0.220 e. The molecule has 0 aromatic carbocycles. The van der Waals surface area contributed by atoms with Gasteiger partial charge < -0.3 is 15.5 Å². The molecule has 2 atom stereocenters. The van der Waals surface area contributed by atoms with Crippen molar-refractivity contribution in [1.82, 2.24) is 5.32 Å². The van der Waals surface area contributed by atoms with Crippen LogP contribution >= 0.6 is 0 Å². The summed E-state index contributed by atoms with van der Waals surface area (Å²) in [6, 6.07) is -0.637. The van der Waals surface area contributed by atoms with E-state index in [1.807, 2.05) is 6.08 Å². The van der Waals surface area contributed by atoms with Crippen LogP contribution in [0, 0.1) is 0 Å². The van der Waals surface area contributed by atoms with Crippen molar-refractivity contribution in [2.24, 2.45) is 0 Å². The van der Waals surface area contributed by atoms with E-state index in [-0.39, 0.29) is 12.5 Å². The molecule has 0 spiro atoms. The Morgan fingerprint density at radius 2 is 0.534 bits per heavy atom. The molecular weight excluding hydrogens is 891 g/mol. The van der Waals surface area contributed by atoms with Gasteiger partial charge in [0.05, 0.1) is 18.8 Å². The summed E-state index contributed by atoms with van der Waals surface area (Å²) in [6.07, 6.45) is 88.5. The molecule has 0 fully saturated rings. The first-order valence-corrected chi connectivity index (χ1v) is 34.1. The van der Waals surface area contributed by atoms with Gasteiger partial charge in [-0.2, -0.15) is 0 Å². The van der Waals surface area contributed by atoms with E-state index in [1.54, 1.807) is 6.08 Å². The summed E-state index contributed by atoms with van der Waals surface area (Å²) in [6.45, 7) is 4.35. The zero-order chi connectivity index (χ0) is 52.7. The van der Waals surface area contributed by atoms with Gasteiger partial charge in [-0.3, -0.25) is 4.79 Å². The van der Waals surface area contributed by atoms with Gasteiger partial charge in [0.2, 0.25) is 5.91 Å². The Kier molecular flexibility index (Phi) is 64.1. The minimum absolute atomic E-state index is 0.0648. The molecule has 0 aliphatic rings. The highest BCUT2D eigenvalue weighted by molar-refractivity contribution is 5.76. The third-order valence-corrected chi connectivity index (χ3v) is 16.2. The Morgan fingerprint density at radius 3 is 0.795 bits per heavy atom. The first kappa shape index (κ1) is 71.9. The lowest BCUT2D eigenvalue weighted by Gasteiger charge is -2.19. The minimum Gasteiger partial charge on any atom is -0.394 e. The minimum atomic E-state index is -0.861. The Bertz CT molecular complexity index is 1070. The van der Waals surface area contributed by atoms with E-state index in [4.69, 9.17) is 0 Å². The van der Waals surface area contributed by atoms with Crippen LogP contribution in [0.2, 0.25) is 0 Å². The zero-order valence-electron chi connectivity index (χ0n) is 50.2. The second kappa shape index (κ2) is 65.2. The fourth-order valence-electron chi connectivity index (χ4n) is 11.0. The molecule has 434 valence electrons. The highest BCUT2D eigenvalue weighted by Gasteiger charge is 2.18. The van der Waals surface area contributed by atoms with Crippen LogP contribution in [0.5, 0.6) is 0 Å². The molecule has 0 aromatic rings. The summed E-state index contributed by atoms with van der Waals surface area (Å²) in [5.74, 6) is -0.0648. The van der Waals surface area contributed by atoms with Crippen LogP contribution in [0.1, 0.15) is 393 Å². The molecule has 4 nitrogen and oxygen atoms in total. The van der Waals surface area contributed by atoms with Crippen molar-refractivity contribution in [3.05, 3.63) is 24.3 Å². The number of rotatable bonds is 64. The molecule has 0 rings (SSSR count). The van der Waals surface area contributed by atoms with Gasteiger partial charge in [-0.25, -0.2) is 0 Å². The third-order valence-electron chi connectivity index (χ3n) is 16.2. The predicted octanol–water partition coefficient (Wildman–Crippen LogP) is 23.0. The zero-order valence-corrected chi connectivity index (χ0v) is 50.2. The number of hydrogen-bond acceptors (Lipinski definition) is 3. The lowest BCUT2D eigenvalue weighted by Crippen LogP contribution is -2.45. The number of allylic oxidation sites excluding steroid dienone is 3. The first-order chi connectivity index (χ1) is 36.2. The second-order valence-corrected chi connectivity index (χ2v) is 23.6. The highest BCUT2D eigenvalue weighted by Crippen LogP contribution is 2.19. The van der Waals surface area contributed by atoms with Crippen molar-refractivity contribution in [3.8, 4) is 0 Å². The van der Waals surface area contributed by atoms with Gasteiger partial charge in [0, 0.05) is 6.42 Å². The van der Waals surface area contributed by atoms with Crippen molar-refractivity contribution in [1.29, 1.82) is 0 Å². The number of carbonyl (C=O) groups is 1. The molecule has 0 heterocycles. The average Bonchev–Trinajstić information content (AvgIpc) is 3.40. The molecule has 3 N–H and O–H groups in total. The maximum atomic E-state index is 12.5. The van der Waals surface area contributed by atoms with Gasteiger partial charge in [0.15, 0.2) is 0 Å². The Morgan fingerprint density at radius 1 is 0.315 bits per heavy atom. The topological polar surface area (TPSA) is 69.6 Å². The Balaban J connectivity index is 3.39. The summed E-state index contributed by atoms with van der Waals surface area (Å²) in [5.41, 5.74) is 0. The number of aliphatic hydroxyl groups excluding tert-OH is 2. The number of unbranched alkanes of at least 4 members (excludes halogenated alkanes) is 55. The van der Waals surface area contributed by atoms with Crippen molar-refractivity contribution >= 4 is 5.91 Å². The van der Waals surface area contributed by atoms with Crippen molar-refractivity contribution in [2.75, 3.05) is 6.61 Å². The predicted molar refractivity (Wildman–Crippen MR) is 327 cm³/mol. The fourth-order valence-corrected chi connectivity index (χ4v) is 11.0. The SMILES string of the molecule is CCCCCCCCCCCCCCCCCC/C=C/CC/C=C/C(O)C(CO)NC(=O)CCCCCCCCCCCCCCCCCCCCCCCCCCCCCCCCCCCCCCCCC. The van der Waals surface area contributed by atoms with Crippen LogP contribution in [-0.4, -0.2) is 34.9 Å². The molecule has 0 aromatic heterocycles. The highest BCUT2D eigenvalue weighted by atomic mass is 16.3. The van der Waals surface area contributed by atoms with E-state index in [2.05, 4.69) is 31.3 Å². The van der Waals surface area contributed by atoms with E-state index >= 15 is 0 Å². The normalized spacial score (nSPS) is 12.8. The summed E-state index contributed by atoms with van der Waals surface area (Å²) in [5, 5.41) is 23.2. The van der Waals surface area contributed by atoms with E-state index < -0.39 is 12.1 Å². The van der Waals surface area contributed by atoms with Crippen LogP contribution in [-0.2, 0) is 4.79 Å². The van der Waals surface area contributed by atoms with Gasteiger partial charge in [-0.1, -0.05) is 378 Å². The lowest BCUT2D eigenvalue weighted by atomic mass is 10.0. The molecular formula is C69H135NO3. The monoisotopic (exact) mass is 1030 g/mol. The quantitative estimate of drug-likeness (QED) is 0.0420. The molecule has 0 saturated carbocycles. The molecule has 0 bridgehead atoms. The van der Waals surface area contributed by atoms with Crippen LogP contribution in [0.25, 0.3) is 0 Å². The van der Waals surface area contributed by atoms with E-state index in [1.165, 1.54) is 340 Å². The second-order valence-electron chi connectivity index (χ2n) is 23.6. The van der Waals surface area contributed by atoms with Gasteiger partial charge >= 0.3 is 0 Å².